The quantitative estimate of drug-likeness (QED) is 0.499. The number of alkyl halides is 3. The lowest BCUT2D eigenvalue weighted by atomic mass is 9.99. The fourth-order valence-corrected chi connectivity index (χ4v) is 3.78. The fourth-order valence-electron chi connectivity index (χ4n) is 3.78. The zero-order valence-corrected chi connectivity index (χ0v) is 18.0. The molecule has 8 heteroatoms. The van der Waals surface area contributed by atoms with Crippen LogP contribution in [0.4, 0.5) is 13.2 Å². The maximum absolute atomic E-state index is 13.9. The van der Waals surface area contributed by atoms with E-state index in [9.17, 15) is 23.1 Å². The van der Waals surface area contributed by atoms with Crippen molar-refractivity contribution >= 4 is 27.9 Å². The van der Waals surface area contributed by atoms with E-state index in [0.29, 0.717) is 11.2 Å². The first-order chi connectivity index (χ1) is 14.5. The molecule has 3 rings (SSSR count). The van der Waals surface area contributed by atoms with E-state index in [1.807, 2.05) is 37.2 Å². The van der Waals surface area contributed by atoms with Gasteiger partial charge in [0.25, 0.3) is 0 Å². The molecule has 168 valence electrons. The van der Waals surface area contributed by atoms with Gasteiger partial charge in [-0.15, -0.1) is 0 Å². The first kappa shape index (κ1) is 23.1. The molecule has 2 atom stereocenters. The van der Waals surface area contributed by atoms with Crippen molar-refractivity contribution in [1.29, 1.82) is 0 Å². The Morgan fingerprint density at radius 3 is 2.39 bits per heavy atom. The van der Waals surface area contributed by atoms with Gasteiger partial charge in [0.1, 0.15) is 23.2 Å². The number of nitrogens with one attached hydrogen (secondary N) is 1. The van der Waals surface area contributed by atoms with Crippen LogP contribution in [0.3, 0.4) is 0 Å². The molecule has 3 aromatic rings. The number of carboxylic acid groups (broad SMARTS) is 1. The summed E-state index contributed by atoms with van der Waals surface area (Å²) in [7, 11) is 3.91. The van der Waals surface area contributed by atoms with Crippen LogP contribution in [0.25, 0.3) is 21.9 Å². The smallest absolute Gasteiger partial charge is 0.407 e. The predicted molar refractivity (Wildman–Crippen MR) is 114 cm³/mol. The van der Waals surface area contributed by atoms with Gasteiger partial charge in [0, 0.05) is 17.3 Å². The van der Waals surface area contributed by atoms with Crippen molar-refractivity contribution in [2.45, 2.75) is 45.1 Å². The molecule has 0 unspecified atom stereocenters. The van der Waals surface area contributed by atoms with Crippen LogP contribution >= 0.6 is 0 Å². The second-order valence-corrected chi connectivity index (χ2v) is 8.59. The van der Waals surface area contributed by atoms with E-state index in [1.165, 1.54) is 12.1 Å². The number of fused-ring (bicyclic) bond motifs is 3. The average molecular weight is 436 g/mol. The minimum Gasteiger partial charge on any atom is -0.480 e. The highest BCUT2D eigenvalue weighted by atomic mass is 19.4. The third-order valence-electron chi connectivity index (χ3n) is 5.09. The zero-order valence-electron chi connectivity index (χ0n) is 18.0. The van der Waals surface area contributed by atoms with Crippen LogP contribution in [0.2, 0.25) is 0 Å². The van der Waals surface area contributed by atoms with Crippen molar-refractivity contribution in [1.82, 2.24) is 10.2 Å². The number of hydrogen-bond donors (Lipinski definition) is 2. The minimum atomic E-state index is -4.66. The molecule has 0 amide bonds. The van der Waals surface area contributed by atoms with E-state index in [1.54, 1.807) is 19.9 Å². The molecule has 2 N–H and O–H groups in total. The minimum absolute atomic E-state index is 0.0725. The second-order valence-electron chi connectivity index (χ2n) is 8.59. The number of nitrogens with zero attached hydrogens (tertiary/aromatic N) is 1. The number of hydrogen-bond acceptors (Lipinski definition) is 4. The Hall–Kier alpha value is -2.58. The summed E-state index contributed by atoms with van der Waals surface area (Å²) in [6.07, 6.45) is -4.58. The Balaban J connectivity index is 2.01. The van der Waals surface area contributed by atoms with E-state index >= 15 is 0 Å². The number of carboxylic acids is 1. The summed E-state index contributed by atoms with van der Waals surface area (Å²) in [5.41, 5.74) is 1.91. The van der Waals surface area contributed by atoms with Crippen molar-refractivity contribution in [3.05, 3.63) is 47.5 Å². The largest absolute Gasteiger partial charge is 0.480 e. The standard InChI is InChI=1S/C23H27F3N2O3/c1-13(2)9-18(22(29)30)27-21(23(24,25)26)15-6-7-16-17-10-14(12-28(3)4)5-8-19(17)31-20(16)11-15/h5-8,10-11,13,18,21,27H,9,12H2,1-4H3,(H,29,30)/t18-,21-/m0/s1. The highest BCUT2D eigenvalue weighted by Gasteiger charge is 2.43. The summed E-state index contributed by atoms with van der Waals surface area (Å²) in [4.78, 5) is 13.5. The molecule has 0 bridgehead atoms. The predicted octanol–water partition coefficient (Wildman–Crippen LogP) is 5.34. The van der Waals surface area contributed by atoms with Gasteiger partial charge in [0.05, 0.1) is 0 Å². The summed E-state index contributed by atoms with van der Waals surface area (Å²) >= 11 is 0. The van der Waals surface area contributed by atoms with Crippen LogP contribution < -0.4 is 5.32 Å². The lowest BCUT2D eigenvalue weighted by Gasteiger charge is -2.26. The van der Waals surface area contributed by atoms with E-state index < -0.39 is 24.2 Å². The number of aliphatic carboxylic acids is 1. The van der Waals surface area contributed by atoms with Gasteiger partial charge in [-0.1, -0.05) is 32.0 Å². The van der Waals surface area contributed by atoms with Gasteiger partial charge in [0.2, 0.25) is 0 Å². The Kier molecular flexibility index (Phi) is 6.62. The maximum Gasteiger partial charge on any atom is 0.407 e. The van der Waals surface area contributed by atoms with Gasteiger partial charge in [0.15, 0.2) is 0 Å². The summed E-state index contributed by atoms with van der Waals surface area (Å²) in [6, 6.07) is 6.63. The normalized spacial score (nSPS) is 14.6. The SMILES string of the molecule is CC(C)C[C@H](N[C@@H](c1ccc2c(c1)oc1ccc(CN(C)C)cc12)C(F)(F)F)C(=O)O. The highest BCUT2D eigenvalue weighted by Crippen LogP contribution is 2.37. The number of benzene rings is 2. The first-order valence-electron chi connectivity index (χ1n) is 10.1. The summed E-state index contributed by atoms with van der Waals surface area (Å²) < 4.78 is 47.4. The van der Waals surface area contributed by atoms with Crippen LogP contribution in [-0.2, 0) is 11.3 Å². The molecule has 2 aromatic carbocycles. The molecule has 1 aromatic heterocycles. The van der Waals surface area contributed by atoms with Crippen molar-refractivity contribution in [3.63, 3.8) is 0 Å². The van der Waals surface area contributed by atoms with E-state index in [0.717, 1.165) is 22.9 Å². The summed E-state index contributed by atoms with van der Waals surface area (Å²) in [6.45, 7) is 4.27. The molecule has 0 saturated heterocycles. The molecule has 1 heterocycles. The summed E-state index contributed by atoms with van der Waals surface area (Å²) in [5, 5.41) is 13.2. The van der Waals surface area contributed by atoms with Crippen molar-refractivity contribution in [3.8, 4) is 0 Å². The average Bonchev–Trinajstić information content (AvgIpc) is 3.00. The molecule has 0 aliphatic heterocycles. The topological polar surface area (TPSA) is 65.7 Å². The van der Waals surface area contributed by atoms with Gasteiger partial charge >= 0.3 is 12.1 Å². The third-order valence-corrected chi connectivity index (χ3v) is 5.09. The van der Waals surface area contributed by atoms with Crippen LogP contribution in [-0.4, -0.2) is 42.3 Å². The van der Waals surface area contributed by atoms with Gasteiger partial charge < -0.3 is 14.4 Å². The molecule has 31 heavy (non-hydrogen) atoms. The molecule has 0 fully saturated rings. The Labute approximate surface area is 178 Å². The third kappa shape index (κ3) is 5.37. The van der Waals surface area contributed by atoms with Crippen LogP contribution in [0.15, 0.2) is 40.8 Å². The van der Waals surface area contributed by atoms with Crippen molar-refractivity contribution in [2.24, 2.45) is 5.92 Å². The van der Waals surface area contributed by atoms with Gasteiger partial charge in [-0.3, -0.25) is 10.1 Å². The molecule has 0 aliphatic carbocycles. The molecule has 5 nitrogen and oxygen atoms in total. The molecule has 0 radical (unpaired) electrons. The van der Waals surface area contributed by atoms with Crippen LogP contribution in [0, 0.1) is 5.92 Å². The number of rotatable bonds is 8. The molecular formula is C23H27F3N2O3. The monoisotopic (exact) mass is 436 g/mol. The molecule has 0 spiro atoms. The first-order valence-corrected chi connectivity index (χ1v) is 10.1. The molecular weight excluding hydrogens is 409 g/mol. The van der Waals surface area contributed by atoms with Gasteiger partial charge in [-0.25, -0.2) is 0 Å². The lowest BCUT2D eigenvalue weighted by molar-refractivity contribution is -0.163. The van der Waals surface area contributed by atoms with Crippen LogP contribution in [0.1, 0.15) is 37.4 Å². The van der Waals surface area contributed by atoms with Crippen LogP contribution in [0.5, 0.6) is 0 Å². The number of halogens is 3. The fraction of sp³-hybridized carbons (Fsp3) is 0.435. The Morgan fingerprint density at radius 1 is 1.10 bits per heavy atom. The number of carbonyl (C=O) groups is 1. The van der Waals surface area contributed by atoms with Gasteiger partial charge in [-0.05, 0) is 55.8 Å². The second kappa shape index (κ2) is 8.88. The lowest BCUT2D eigenvalue weighted by Crippen LogP contribution is -2.45. The van der Waals surface area contributed by atoms with E-state index in [2.05, 4.69) is 5.32 Å². The van der Waals surface area contributed by atoms with E-state index in [4.69, 9.17) is 4.42 Å². The Bertz CT molecular complexity index is 1070. The summed E-state index contributed by atoms with van der Waals surface area (Å²) in [5.74, 6) is -1.38. The Morgan fingerprint density at radius 2 is 1.81 bits per heavy atom. The van der Waals surface area contributed by atoms with Crippen molar-refractivity contribution < 1.29 is 27.5 Å². The maximum atomic E-state index is 13.9. The molecule has 0 aliphatic rings. The van der Waals surface area contributed by atoms with E-state index in [-0.39, 0.29) is 17.9 Å². The molecule has 0 saturated carbocycles. The zero-order chi connectivity index (χ0) is 22.9. The highest BCUT2D eigenvalue weighted by molar-refractivity contribution is 6.05. The number of furan rings is 1. The van der Waals surface area contributed by atoms with Crippen molar-refractivity contribution in [2.75, 3.05) is 14.1 Å². The van der Waals surface area contributed by atoms with Gasteiger partial charge in [-0.2, -0.15) is 13.2 Å².